The van der Waals surface area contributed by atoms with Crippen LogP contribution in [0, 0.1) is 0 Å². The lowest BCUT2D eigenvalue weighted by Gasteiger charge is -2.31. The SMILES string of the molecule is OC[C@@]1(C(F)(F)F)O[C@@H](n2cnc3c(Cl)ncnc32)[C@H](O)[C@@H]1O. The Morgan fingerprint density at radius 2 is 2.00 bits per heavy atom. The van der Waals surface area contributed by atoms with Crippen molar-refractivity contribution in [1.29, 1.82) is 0 Å². The predicted octanol–water partition coefficient (Wildman–Crippen LogP) is 0.0237. The summed E-state index contributed by atoms with van der Waals surface area (Å²) in [6, 6.07) is 0. The quantitative estimate of drug-likeness (QED) is 0.652. The lowest BCUT2D eigenvalue weighted by atomic mass is 9.95. The summed E-state index contributed by atoms with van der Waals surface area (Å²) >= 11 is 5.80. The van der Waals surface area contributed by atoms with Crippen LogP contribution in [-0.2, 0) is 4.74 Å². The lowest BCUT2D eigenvalue weighted by Crippen LogP contribution is -2.57. The van der Waals surface area contributed by atoms with Gasteiger partial charge in [0.25, 0.3) is 0 Å². The van der Waals surface area contributed by atoms with Gasteiger partial charge in [-0.15, -0.1) is 0 Å². The molecule has 0 aliphatic carbocycles. The average Bonchev–Trinajstić information content (AvgIpc) is 3.01. The normalized spacial score (nSPS) is 31.9. The monoisotopic (exact) mass is 354 g/mol. The lowest BCUT2D eigenvalue weighted by molar-refractivity contribution is -0.305. The van der Waals surface area contributed by atoms with Crippen molar-refractivity contribution < 1.29 is 33.2 Å². The number of hydrogen-bond donors (Lipinski definition) is 3. The van der Waals surface area contributed by atoms with E-state index in [-0.39, 0.29) is 16.3 Å². The highest BCUT2D eigenvalue weighted by molar-refractivity contribution is 6.33. The maximum atomic E-state index is 13.2. The Labute approximate surface area is 131 Å². The van der Waals surface area contributed by atoms with Crippen molar-refractivity contribution in [2.45, 2.75) is 30.2 Å². The number of halogens is 4. The summed E-state index contributed by atoms with van der Waals surface area (Å²) in [5.41, 5.74) is -3.21. The smallest absolute Gasteiger partial charge is 0.393 e. The third-order valence-corrected chi connectivity index (χ3v) is 4.00. The van der Waals surface area contributed by atoms with Gasteiger partial charge >= 0.3 is 6.18 Å². The van der Waals surface area contributed by atoms with Crippen molar-refractivity contribution in [3.63, 3.8) is 0 Å². The van der Waals surface area contributed by atoms with Crippen LogP contribution < -0.4 is 0 Å². The van der Waals surface area contributed by atoms with Crippen molar-refractivity contribution in [2.24, 2.45) is 0 Å². The Hall–Kier alpha value is -1.53. The molecule has 1 aliphatic heterocycles. The number of rotatable bonds is 2. The molecular formula is C11H10ClF3N4O4. The fraction of sp³-hybridized carbons (Fsp3) is 0.545. The van der Waals surface area contributed by atoms with Gasteiger partial charge in [0.15, 0.2) is 17.0 Å². The van der Waals surface area contributed by atoms with E-state index in [1.165, 1.54) is 0 Å². The van der Waals surface area contributed by atoms with E-state index in [2.05, 4.69) is 15.0 Å². The van der Waals surface area contributed by atoms with E-state index >= 15 is 0 Å². The average molecular weight is 355 g/mol. The molecule has 0 radical (unpaired) electrons. The van der Waals surface area contributed by atoms with Gasteiger partial charge in [0, 0.05) is 0 Å². The standard InChI is InChI=1S/C11H10ClF3N4O4/c12-7-4-8(17-2-16-7)19(3-18-4)9-5(21)6(22)10(1-20,23-9)11(13,14)15/h2-3,5-6,9,20-22H,1H2/t5-,6+,9-,10-/m1/s1. The molecule has 0 saturated carbocycles. The van der Waals surface area contributed by atoms with Crippen LogP contribution in [0.15, 0.2) is 12.7 Å². The predicted molar refractivity (Wildman–Crippen MR) is 68.3 cm³/mol. The second-order valence-corrected chi connectivity index (χ2v) is 5.34. The zero-order chi connectivity index (χ0) is 17.0. The highest BCUT2D eigenvalue weighted by Gasteiger charge is 2.69. The number of hydrogen-bond acceptors (Lipinski definition) is 7. The number of alkyl halides is 3. The van der Waals surface area contributed by atoms with E-state index in [4.69, 9.17) is 21.4 Å². The summed E-state index contributed by atoms with van der Waals surface area (Å²) in [6.07, 6.45) is -9.05. The molecule has 23 heavy (non-hydrogen) atoms. The molecule has 3 rings (SSSR count). The molecule has 0 unspecified atom stereocenters. The third-order valence-electron chi connectivity index (χ3n) is 3.73. The van der Waals surface area contributed by atoms with E-state index in [9.17, 15) is 23.4 Å². The molecule has 2 aromatic heterocycles. The Morgan fingerprint density at radius 3 is 2.57 bits per heavy atom. The minimum atomic E-state index is -5.11. The molecule has 2 aromatic rings. The van der Waals surface area contributed by atoms with Gasteiger partial charge in [-0.3, -0.25) is 4.57 Å². The summed E-state index contributed by atoms with van der Waals surface area (Å²) in [7, 11) is 0. The fourth-order valence-corrected chi connectivity index (χ4v) is 2.65. The van der Waals surface area contributed by atoms with Gasteiger partial charge in [0.1, 0.15) is 24.1 Å². The Bertz CT molecular complexity index is 742. The van der Waals surface area contributed by atoms with Gasteiger partial charge in [-0.1, -0.05) is 11.6 Å². The van der Waals surface area contributed by atoms with Crippen LogP contribution in [0.1, 0.15) is 6.23 Å². The van der Waals surface area contributed by atoms with Crippen LogP contribution in [0.2, 0.25) is 5.15 Å². The topological polar surface area (TPSA) is 114 Å². The van der Waals surface area contributed by atoms with Crippen LogP contribution >= 0.6 is 11.6 Å². The highest BCUT2D eigenvalue weighted by atomic mass is 35.5. The first kappa shape index (κ1) is 16.3. The van der Waals surface area contributed by atoms with Gasteiger partial charge < -0.3 is 20.1 Å². The van der Waals surface area contributed by atoms with Crippen molar-refractivity contribution in [3.8, 4) is 0 Å². The molecule has 126 valence electrons. The molecule has 0 aromatic carbocycles. The summed E-state index contributed by atoms with van der Waals surface area (Å²) in [5, 5.41) is 28.9. The molecule has 8 nitrogen and oxygen atoms in total. The Balaban J connectivity index is 2.09. The number of aliphatic hydroxyl groups is 3. The first-order chi connectivity index (χ1) is 10.7. The minimum absolute atomic E-state index is 0.0113. The first-order valence-electron chi connectivity index (χ1n) is 6.27. The molecule has 3 N–H and O–H groups in total. The zero-order valence-electron chi connectivity index (χ0n) is 11.1. The first-order valence-corrected chi connectivity index (χ1v) is 6.65. The van der Waals surface area contributed by atoms with Crippen LogP contribution in [0.25, 0.3) is 11.2 Å². The molecule has 1 aliphatic rings. The largest absolute Gasteiger partial charge is 0.422 e. The second kappa shape index (κ2) is 5.24. The number of fused-ring (bicyclic) bond motifs is 1. The van der Waals surface area contributed by atoms with Crippen LogP contribution in [-0.4, -0.2) is 65.4 Å². The maximum absolute atomic E-state index is 13.2. The van der Waals surface area contributed by atoms with E-state index in [0.717, 1.165) is 17.2 Å². The Morgan fingerprint density at radius 1 is 1.30 bits per heavy atom. The van der Waals surface area contributed by atoms with Crippen LogP contribution in [0.3, 0.4) is 0 Å². The van der Waals surface area contributed by atoms with Gasteiger partial charge in [-0.25, -0.2) is 15.0 Å². The van der Waals surface area contributed by atoms with E-state index in [1.807, 2.05) is 0 Å². The summed E-state index contributed by atoms with van der Waals surface area (Å²) in [6.45, 7) is -1.56. The van der Waals surface area contributed by atoms with Crippen molar-refractivity contribution in [2.75, 3.05) is 6.61 Å². The molecule has 0 amide bonds. The molecule has 4 atom stereocenters. The van der Waals surface area contributed by atoms with Crippen LogP contribution in [0.5, 0.6) is 0 Å². The van der Waals surface area contributed by atoms with Crippen molar-refractivity contribution in [1.82, 2.24) is 19.5 Å². The second-order valence-electron chi connectivity index (χ2n) is 4.98. The number of nitrogens with zero attached hydrogens (tertiary/aromatic N) is 4. The number of aliphatic hydroxyl groups excluding tert-OH is 3. The summed E-state index contributed by atoms with van der Waals surface area (Å²) < 4.78 is 45.4. The molecule has 0 spiro atoms. The summed E-state index contributed by atoms with van der Waals surface area (Å²) in [5.74, 6) is 0. The minimum Gasteiger partial charge on any atom is -0.393 e. The maximum Gasteiger partial charge on any atom is 0.422 e. The number of imidazole rings is 1. The molecule has 1 fully saturated rings. The van der Waals surface area contributed by atoms with E-state index < -0.39 is 36.8 Å². The third kappa shape index (κ3) is 2.19. The van der Waals surface area contributed by atoms with E-state index in [0.29, 0.717) is 0 Å². The molecular weight excluding hydrogens is 345 g/mol. The number of aromatic nitrogens is 4. The molecule has 1 saturated heterocycles. The molecule has 3 heterocycles. The fourth-order valence-electron chi connectivity index (χ4n) is 2.47. The summed E-state index contributed by atoms with van der Waals surface area (Å²) in [4.78, 5) is 11.3. The van der Waals surface area contributed by atoms with Crippen LogP contribution in [0.4, 0.5) is 13.2 Å². The Kier molecular flexibility index (Phi) is 3.72. The number of ether oxygens (including phenoxy) is 1. The van der Waals surface area contributed by atoms with Crippen molar-refractivity contribution >= 4 is 22.8 Å². The molecule has 12 heteroatoms. The molecule has 0 bridgehead atoms. The van der Waals surface area contributed by atoms with Crippen molar-refractivity contribution in [3.05, 3.63) is 17.8 Å². The van der Waals surface area contributed by atoms with Gasteiger partial charge in [-0.2, -0.15) is 13.2 Å². The zero-order valence-corrected chi connectivity index (χ0v) is 11.9. The van der Waals surface area contributed by atoms with Gasteiger partial charge in [0.2, 0.25) is 5.60 Å². The van der Waals surface area contributed by atoms with Gasteiger partial charge in [0.05, 0.1) is 12.9 Å². The highest BCUT2D eigenvalue weighted by Crippen LogP contribution is 2.47. The van der Waals surface area contributed by atoms with Gasteiger partial charge in [-0.05, 0) is 0 Å². The van der Waals surface area contributed by atoms with E-state index in [1.54, 1.807) is 0 Å².